The van der Waals surface area contributed by atoms with Gasteiger partial charge in [0.25, 0.3) is 0 Å². The minimum atomic E-state index is -0.854. The van der Waals surface area contributed by atoms with Crippen LogP contribution in [0.25, 0.3) is 0 Å². The van der Waals surface area contributed by atoms with E-state index in [9.17, 15) is 9.59 Å². The summed E-state index contributed by atoms with van der Waals surface area (Å²) in [6.45, 7) is 3.57. The Morgan fingerprint density at radius 1 is 1.22 bits per heavy atom. The van der Waals surface area contributed by atoms with Crippen LogP contribution >= 0.6 is 11.6 Å². The Bertz CT molecular complexity index is 433. The summed E-state index contributed by atoms with van der Waals surface area (Å²) in [6, 6.07) is 5.89. The first kappa shape index (κ1) is 14.5. The van der Waals surface area contributed by atoms with Crippen LogP contribution in [0.3, 0.4) is 0 Å². The van der Waals surface area contributed by atoms with Crippen molar-refractivity contribution in [3.63, 3.8) is 0 Å². The zero-order chi connectivity index (χ0) is 13.7. The highest BCUT2D eigenvalue weighted by atomic mass is 35.5. The molecule has 5 nitrogen and oxygen atoms in total. The van der Waals surface area contributed by atoms with E-state index in [1.54, 1.807) is 19.1 Å². The predicted molar refractivity (Wildman–Crippen MR) is 70.2 cm³/mol. The van der Waals surface area contributed by atoms with Gasteiger partial charge in [-0.25, -0.2) is 4.79 Å². The summed E-state index contributed by atoms with van der Waals surface area (Å²) in [5.74, 6) is -0.455. The van der Waals surface area contributed by atoms with E-state index >= 15 is 0 Å². The molecule has 0 aliphatic carbocycles. The smallest absolute Gasteiger partial charge is 0.318 e. The van der Waals surface area contributed by atoms with Crippen LogP contribution in [0.15, 0.2) is 24.3 Å². The van der Waals surface area contributed by atoms with E-state index in [-0.39, 0.29) is 6.04 Å². The number of carbonyl (C=O) groups is 2. The van der Waals surface area contributed by atoms with Gasteiger partial charge in [-0.15, -0.1) is 0 Å². The summed E-state index contributed by atoms with van der Waals surface area (Å²) < 4.78 is 0. The van der Waals surface area contributed by atoms with Crippen molar-refractivity contribution in [1.82, 2.24) is 10.6 Å². The molecule has 0 fully saturated rings. The zero-order valence-corrected chi connectivity index (χ0v) is 11.0. The average Bonchev–Trinajstić information content (AvgIpc) is 2.28. The van der Waals surface area contributed by atoms with Crippen molar-refractivity contribution in [2.24, 2.45) is 5.73 Å². The van der Waals surface area contributed by atoms with Crippen LogP contribution in [-0.4, -0.2) is 18.0 Å². The van der Waals surface area contributed by atoms with E-state index in [0.29, 0.717) is 5.02 Å². The van der Waals surface area contributed by atoms with Crippen molar-refractivity contribution in [1.29, 1.82) is 0 Å². The molecule has 0 saturated carbocycles. The minimum Gasteiger partial charge on any atom is -0.351 e. The van der Waals surface area contributed by atoms with Gasteiger partial charge in [0.1, 0.15) is 0 Å². The number of primary amides is 1. The van der Waals surface area contributed by atoms with Gasteiger partial charge in [0, 0.05) is 11.1 Å². The Morgan fingerprint density at radius 3 is 2.28 bits per heavy atom. The average molecular weight is 270 g/mol. The van der Waals surface area contributed by atoms with Crippen LogP contribution < -0.4 is 16.4 Å². The van der Waals surface area contributed by atoms with Gasteiger partial charge in [0.05, 0.1) is 6.04 Å². The summed E-state index contributed by atoms with van der Waals surface area (Å²) in [6.07, 6.45) is 0. The predicted octanol–water partition coefficient (Wildman–Crippen LogP) is 1.57. The normalized spacial score (nSPS) is 13.7. The summed E-state index contributed by atoms with van der Waals surface area (Å²) >= 11 is 5.79. The monoisotopic (exact) mass is 269 g/mol. The van der Waals surface area contributed by atoms with Gasteiger partial charge in [0.15, 0.2) is 0 Å². The minimum absolute atomic E-state index is 0.0455. The molecule has 0 radical (unpaired) electrons. The maximum Gasteiger partial charge on any atom is 0.318 e. The Labute approximate surface area is 111 Å². The molecule has 0 spiro atoms. The lowest BCUT2D eigenvalue weighted by Gasteiger charge is -2.19. The van der Waals surface area contributed by atoms with Crippen molar-refractivity contribution < 1.29 is 9.59 Å². The van der Waals surface area contributed by atoms with E-state index in [1.165, 1.54) is 0 Å². The molecule has 4 N–H and O–H groups in total. The number of urea groups is 1. The van der Waals surface area contributed by atoms with E-state index < -0.39 is 18.0 Å². The lowest BCUT2D eigenvalue weighted by Crippen LogP contribution is -2.47. The van der Waals surface area contributed by atoms with Crippen LogP contribution in [-0.2, 0) is 4.79 Å². The molecule has 2 atom stereocenters. The van der Waals surface area contributed by atoms with Crippen molar-refractivity contribution in [3.8, 4) is 0 Å². The summed E-state index contributed by atoms with van der Waals surface area (Å²) in [5.41, 5.74) is 5.87. The fourth-order valence-corrected chi connectivity index (χ4v) is 1.65. The summed E-state index contributed by atoms with van der Waals surface area (Å²) in [7, 11) is 0. The molecule has 0 heterocycles. The number of hydrogen-bond donors (Lipinski definition) is 3. The number of nitrogens with one attached hydrogen (secondary N) is 2. The number of halogens is 1. The van der Waals surface area contributed by atoms with Gasteiger partial charge in [-0.2, -0.15) is 0 Å². The molecule has 0 unspecified atom stereocenters. The third-order valence-electron chi connectivity index (χ3n) is 2.51. The standard InChI is InChI=1S/C12H16ClN3O2/c1-7(9-3-5-10(13)6-4-9)15-8(2)11(17)16-12(14)18/h3-8,15H,1-2H3,(H3,14,16,17,18)/t7-,8-/m1/s1. The van der Waals surface area contributed by atoms with Crippen molar-refractivity contribution >= 4 is 23.5 Å². The maximum absolute atomic E-state index is 11.5. The number of imide groups is 1. The van der Waals surface area contributed by atoms with Gasteiger partial charge < -0.3 is 5.73 Å². The molecule has 1 aromatic carbocycles. The van der Waals surface area contributed by atoms with Crippen LogP contribution in [0.2, 0.25) is 5.02 Å². The van der Waals surface area contributed by atoms with Crippen LogP contribution in [0.4, 0.5) is 4.79 Å². The third kappa shape index (κ3) is 4.35. The summed E-state index contributed by atoms with van der Waals surface area (Å²) in [5, 5.41) is 5.74. The molecule has 0 aliphatic heterocycles. The fourth-order valence-electron chi connectivity index (χ4n) is 1.53. The number of nitrogens with two attached hydrogens (primary N) is 1. The van der Waals surface area contributed by atoms with Crippen molar-refractivity contribution in [2.75, 3.05) is 0 Å². The highest BCUT2D eigenvalue weighted by Crippen LogP contribution is 2.16. The van der Waals surface area contributed by atoms with Gasteiger partial charge in [-0.1, -0.05) is 23.7 Å². The van der Waals surface area contributed by atoms with Crippen molar-refractivity contribution in [2.45, 2.75) is 25.9 Å². The molecule has 1 rings (SSSR count). The second-order valence-electron chi connectivity index (χ2n) is 4.02. The molecular formula is C12H16ClN3O2. The molecule has 98 valence electrons. The van der Waals surface area contributed by atoms with E-state index in [0.717, 1.165) is 5.56 Å². The topological polar surface area (TPSA) is 84.2 Å². The molecular weight excluding hydrogens is 254 g/mol. The second-order valence-corrected chi connectivity index (χ2v) is 4.45. The molecule has 6 heteroatoms. The number of amides is 3. The highest BCUT2D eigenvalue weighted by molar-refractivity contribution is 6.30. The number of hydrogen-bond acceptors (Lipinski definition) is 3. The zero-order valence-electron chi connectivity index (χ0n) is 10.2. The lowest BCUT2D eigenvalue weighted by molar-refractivity contribution is -0.121. The largest absolute Gasteiger partial charge is 0.351 e. The molecule has 0 aliphatic rings. The molecule has 0 bridgehead atoms. The fraction of sp³-hybridized carbons (Fsp3) is 0.333. The Morgan fingerprint density at radius 2 is 1.78 bits per heavy atom. The number of benzene rings is 1. The number of rotatable bonds is 4. The first-order valence-electron chi connectivity index (χ1n) is 5.52. The number of carbonyl (C=O) groups excluding carboxylic acids is 2. The quantitative estimate of drug-likeness (QED) is 0.776. The molecule has 0 aromatic heterocycles. The van der Waals surface area contributed by atoms with Gasteiger partial charge in [-0.05, 0) is 31.5 Å². The van der Waals surface area contributed by atoms with Gasteiger partial charge >= 0.3 is 6.03 Å². The second kappa shape index (κ2) is 6.37. The third-order valence-corrected chi connectivity index (χ3v) is 2.76. The SMILES string of the molecule is C[C@@H](N[C@H](C)c1ccc(Cl)cc1)C(=O)NC(N)=O. The van der Waals surface area contributed by atoms with Crippen LogP contribution in [0.5, 0.6) is 0 Å². The lowest BCUT2D eigenvalue weighted by atomic mass is 10.1. The Hall–Kier alpha value is -1.59. The first-order chi connectivity index (χ1) is 8.40. The first-order valence-corrected chi connectivity index (χ1v) is 5.89. The summed E-state index contributed by atoms with van der Waals surface area (Å²) in [4.78, 5) is 22.0. The Balaban J connectivity index is 2.58. The van der Waals surface area contributed by atoms with E-state index in [4.69, 9.17) is 17.3 Å². The van der Waals surface area contributed by atoms with Crippen LogP contribution in [0.1, 0.15) is 25.5 Å². The van der Waals surface area contributed by atoms with Crippen molar-refractivity contribution in [3.05, 3.63) is 34.9 Å². The highest BCUT2D eigenvalue weighted by Gasteiger charge is 2.17. The molecule has 3 amide bonds. The Kier molecular flexibility index (Phi) is 5.12. The van der Waals surface area contributed by atoms with E-state index in [1.807, 2.05) is 24.4 Å². The van der Waals surface area contributed by atoms with E-state index in [2.05, 4.69) is 5.32 Å². The van der Waals surface area contributed by atoms with Gasteiger partial charge in [0.2, 0.25) is 5.91 Å². The maximum atomic E-state index is 11.5. The molecule has 18 heavy (non-hydrogen) atoms. The van der Waals surface area contributed by atoms with Gasteiger partial charge in [-0.3, -0.25) is 15.4 Å². The molecule has 1 aromatic rings. The van der Waals surface area contributed by atoms with Crippen LogP contribution in [0, 0.1) is 0 Å². The molecule has 0 saturated heterocycles.